The van der Waals surface area contributed by atoms with Crippen molar-refractivity contribution in [3.05, 3.63) is 40.2 Å². The van der Waals surface area contributed by atoms with Gasteiger partial charge < -0.3 is 14.5 Å². The molecule has 0 aliphatic rings. The molecule has 0 spiro atoms. The first-order chi connectivity index (χ1) is 9.51. The van der Waals surface area contributed by atoms with E-state index < -0.39 is 17.6 Å². The molecular weight excluding hydrogens is 338 g/mol. The molecule has 1 heterocycles. The standard InChI is InChI=1S/C12H9BrF2N2O3/c1-2-19-11(18)10-5-20-12(17-10)16-9-3-6(13)7(14)4-8(9)15/h3-5H,2H2,1H3,(H,16,17). The van der Waals surface area contributed by atoms with E-state index in [2.05, 4.69) is 26.2 Å². The van der Waals surface area contributed by atoms with Crippen molar-refractivity contribution < 1.29 is 22.7 Å². The van der Waals surface area contributed by atoms with Gasteiger partial charge in [0.25, 0.3) is 6.01 Å². The normalized spacial score (nSPS) is 10.4. The molecule has 0 radical (unpaired) electrons. The summed E-state index contributed by atoms with van der Waals surface area (Å²) >= 11 is 2.94. The molecule has 1 aromatic heterocycles. The van der Waals surface area contributed by atoms with Gasteiger partial charge in [0.1, 0.15) is 17.9 Å². The zero-order valence-corrected chi connectivity index (χ0v) is 11.8. The van der Waals surface area contributed by atoms with E-state index in [0.717, 1.165) is 6.26 Å². The predicted molar refractivity (Wildman–Crippen MR) is 69.8 cm³/mol. The Kier molecular flexibility index (Phi) is 4.33. The summed E-state index contributed by atoms with van der Waals surface area (Å²) in [7, 11) is 0. The SMILES string of the molecule is CCOC(=O)c1coc(Nc2cc(Br)c(F)cc2F)n1. The number of benzene rings is 1. The van der Waals surface area contributed by atoms with E-state index in [4.69, 9.17) is 9.15 Å². The lowest BCUT2D eigenvalue weighted by Gasteiger charge is -2.04. The van der Waals surface area contributed by atoms with Gasteiger partial charge in [0.05, 0.1) is 16.8 Å². The molecule has 0 unspecified atom stereocenters. The average Bonchev–Trinajstić information content (AvgIpc) is 2.85. The van der Waals surface area contributed by atoms with Crippen LogP contribution in [0.3, 0.4) is 0 Å². The Labute approximate surface area is 121 Å². The minimum absolute atomic E-state index is 0.0454. The van der Waals surface area contributed by atoms with E-state index in [1.165, 1.54) is 6.07 Å². The fourth-order valence-electron chi connectivity index (χ4n) is 1.36. The summed E-state index contributed by atoms with van der Waals surface area (Å²) in [6.07, 6.45) is 1.08. The molecule has 0 amide bonds. The summed E-state index contributed by atoms with van der Waals surface area (Å²) in [6.45, 7) is 1.86. The molecule has 0 aliphatic heterocycles. The van der Waals surface area contributed by atoms with Crippen LogP contribution >= 0.6 is 15.9 Å². The van der Waals surface area contributed by atoms with Crippen molar-refractivity contribution in [2.45, 2.75) is 6.92 Å². The van der Waals surface area contributed by atoms with Gasteiger partial charge in [0.15, 0.2) is 5.69 Å². The molecule has 0 bridgehead atoms. The molecule has 0 aliphatic carbocycles. The van der Waals surface area contributed by atoms with E-state index in [0.29, 0.717) is 6.07 Å². The van der Waals surface area contributed by atoms with E-state index >= 15 is 0 Å². The van der Waals surface area contributed by atoms with E-state index in [-0.39, 0.29) is 28.5 Å². The van der Waals surface area contributed by atoms with Gasteiger partial charge in [0, 0.05) is 6.07 Å². The molecule has 1 N–H and O–H groups in total. The molecule has 5 nitrogen and oxygen atoms in total. The highest BCUT2D eigenvalue weighted by Gasteiger charge is 2.15. The summed E-state index contributed by atoms with van der Waals surface area (Å²) in [4.78, 5) is 15.2. The molecule has 0 fully saturated rings. The van der Waals surface area contributed by atoms with Crippen molar-refractivity contribution in [2.75, 3.05) is 11.9 Å². The molecule has 106 valence electrons. The summed E-state index contributed by atoms with van der Waals surface area (Å²) in [5.74, 6) is -2.20. The van der Waals surface area contributed by atoms with Crippen LogP contribution in [-0.4, -0.2) is 17.6 Å². The average molecular weight is 347 g/mol. The quantitative estimate of drug-likeness (QED) is 0.676. The van der Waals surface area contributed by atoms with Gasteiger partial charge in [-0.1, -0.05) is 0 Å². The molecule has 2 aromatic rings. The van der Waals surface area contributed by atoms with Crippen LogP contribution < -0.4 is 5.32 Å². The minimum atomic E-state index is -0.818. The van der Waals surface area contributed by atoms with Crippen LogP contribution in [0.15, 0.2) is 27.3 Å². The second-order valence-electron chi connectivity index (χ2n) is 3.63. The lowest BCUT2D eigenvalue weighted by atomic mass is 10.3. The second-order valence-corrected chi connectivity index (χ2v) is 4.48. The van der Waals surface area contributed by atoms with Gasteiger partial charge >= 0.3 is 5.97 Å². The molecular formula is C12H9BrF2N2O3. The number of anilines is 2. The molecule has 0 saturated heterocycles. The number of oxazole rings is 1. The third-order valence-corrected chi connectivity index (χ3v) is 2.85. The van der Waals surface area contributed by atoms with Crippen LogP contribution in [0.4, 0.5) is 20.5 Å². The van der Waals surface area contributed by atoms with Crippen LogP contribution in [0.1, 0.15) is 17.4 Å². The number of aromatic nitrogens is 1. The number of esters is 1. The van der Waals surface area contributed by atoms with Crippen LogP contribution in [0.2, 0.25) is 0 Å². The maximum atomic E-state index is 13.5. The Hall–Kier alpha value is -1.96. The second kappa shape index (κ2) is 6.00. The zero-order valence-electron chi connectivity index (χ0n) is 10.2. The topological polar surface area (TPSA) is 64.4 Å². The number of nitrogens with zero attached hydrogens (tertiary/aromatic N) is 1. The fourth-order valence-corrected chi connectivity index (χ4v) is 1.71. The molecule has 2 rings (SSSR count). The molecule has 0 saturated carbocycles. The Morgan fingerprint density at radius 1 is 1.45 bits per heavy atom. The molecule has 1 aromatic carbocycles. The largest absolute Gasteiger partial charge is 0.461 e. The smallest absolute Gasteiger partial charge is 0.360 e. The van der Waals surface area contributed by atoms with Crippen molar-refractivity contribution in [1.29, 1.82) is 0 Å². The van der Waals surface area contributed by atoms with E-state index in [1.54, 1.807) is 6.92 Å². The number of carbonyl (C=O) groups excluding carboxylic acids is 1. The number of nitrogens with one attached hydrogen (secondary N) is 1. The maximum Gasteiger partial charge on any atom is 0.360 e. The van der Waals surface area contributed by atoms with E-state index in [1.807, 2.05) is 0 Å². The Balaban J connectivity index is 2.19. The van der Waals surface area contributed by atoms with Crippen molar-refractivity contribution in [2.24, 2.45) is 0 Å². The lowest BCUT2D eigenvalue weighted by Crippen LogP contribution is -2.05. The van der Waals surface area contributed by atoms with Crippen LogP contribution in [0.25, 0.3) is 0 Å². The van der Waals surface area contributed by atoms with Crippen molar-refractivity contribution >= 4 is 33.6 Å². The van der Waals surface area contributed by atoms with Gasteiger partial charge in [0.2, 0.25) is 0 Å². The number of halogens is 3. The van der Waals surface area contributed by atoms with Crippen LogP contribution in [0, 0.1) is 11.6 Å². The number of carbonyl (C=O) groups is 1. The summed E-state index contributed by atoms with van der Waals surface area (Å²) in [6, 6.07) is 1.80. The number of rotatable bonds is 4. The zero-order chi connectivity index (χ0) is 14.7. The van der Waals surface area contributed by atoms with Crippen molar-refractivity contribution in [1.82, 2.24) is 4.98 Å². The van der Waals surface area contributed by atoms with Gasteiger partial charge in [-0.15, -0.1) is 0 Å². The maximum absolute atomic E-state index is 13.5. The van der Waals surface area contributed by atoms with Crippen molar-refractivity contribution in [3.8, 4) is 0 Å². The first kappa shape index (κ1) is 14.4. The monoisotopic (exact) mass is 346 g/mol. The number of hydrogen-bond acceptors (Lipinski definition) is 5. The predicted octanol–water partition coefficient (Wildman–Crippen LogP) is 3.64. The highest BCUT2D eigenvalue weighted by atomic mass is 79.9. The fraction of sp³-hybridized carbons (Fsp3) is 0.167. The molecule has 8 heteroatoms. The van der Waals surface area contributed by atoms with Gasteiger partial charge in [-0.3, -0.25) is 0 Å². The number of hydrogen-bond donors (Lipinski definition) is 1. The Morgan fingerprint density at radius 3 is 2.90 bits per heavy atom. The minimum Gasteiger partial charge on any atom is -0.461 e. The molecule has 20 heavy (non-hydrogen) atoms. The molecule has 0 atom stereocenters. The van der Waals surface area contributed by atoms with Gasteiger partial charge in [-0.05, 0) is 28.9 Å². The van der Waals surface area contributed by atoms with Crippen LogP contribution in [0.5, 0.6) is 0 Å². The van der Waals surface area contributed by atoms with Gasteiger partial charge in [-0.2, -0.15) is 4.98 Å². The van der Waals surface area contributed by atoms with Crippen LogP contribution in [-0.2, 0) is 4.74 Å². The Bertz CT molecular complexity index is 646. The highest BCUT2D eigenvalue weighted by molar-refractivity contribution is 9.10. The third kappa shape index (κ3) is 3.13. The summed E-state index contributed by atoms with van der Waals surface area (Å²) < 4.78 is 36.4. The first-order valence-electron chi connectivity index (χ1n) is 5.55. The number of ether oxygens (including phenoxy) is 1. The van der Waals surface area contributed by atoms with Crippen molar-refractivity contribution in [3.63, 3.8) is 0 Å². The summed E-state index contributed by atoms with van der Waals surface area (Å²) in [5, 5.41) is 2.50. The Morgan fingerprint density at radius 2 is 2.20 bits per heavy atom. The van der Waals surface area contributed by atoms with E-state index in [9.17, 15) is 13.6 Å². The first-order valence-corrected chi connectivity index (χ1v) is 6.34. The lowest BCUT2D eigenvalue weighted by molar-refractivity contribution is 0.0519. The third-order valence-electron chi connectivity index (χ3n) is 2.24. The summed E-state index contributed by atoms with van der Waals surface area (Å²) in [5.41, 5.74) is -0.0912. The van der Waals surface area contributed by atoms with Gasteiger partial charge in [-0.25, -0.2) is 13.6 Å². The highest BCUT2D eigenvalue weighted by Crippen LogP contribution is 2.26.